The van der Waals surface area contributed by atoms with Crippen molar-refractivity contribution >= 4 is 17.6 Å². The molecular weight excluding hydrogens is 186 g/mol. The number of primary amides is 1. The van der Waals surface area contributed by atoms with E-state index >= 15 is 0 Å². The Morgan fingerprint density at radius 2 is 2.07 bits per heavy atom. The van der Waals surface area contributed by atoms with Crippen LogP contribution in [0.4, 0.5) is 10.5 Å². The molecule has 5 N–H and O–H groups in total. The molecule has 74 valence electrons. The van der Waals surface area contributed by atoms with E-state index in [-0.39, 0.29) is 5.56 Å². The van der Waals surface area contributed by atoms with Gasteiger partial charge >= 0.3 is 6.03 Å². The molecule has 3 amide bonds. The molecule has 0 radical (unpaired) electrons. The molecule has 0 aliphatic rings. The van der Waals surface area contributed by atoms with Crippen molar-refractivity contribution in [2.24, 2.45) is 5.73 Å². The molecule has 1 aromatic carbocycles. The fraction of sp³-hybridized carbons (Fsp3) is 0. The highest BCUT2D eigenvalue weighted by atomic mass is 16.5. The molecule has 0 saturated heterocycles. The number of benzene rings is 1. The molecule has 0 aliphatic carbocycles. The molecule has 1 rings (SSSR count). The number of nitrogens with one attached hydrogen (secondary N) is 2. The molecule has 14 heavy (non-hydrogen) atoms. The zero-order valence-corrected chi connectivity index (χ0v) is 7.15. The van der Waals surface area contributed by atoms with E-state index in [0.29, 0.717) is 5.69 Å². The van der Waals surface area contributed by atoms with E-state index in [1.165, 1.54) is 17.6 Å². The van der Waals surface area contributed by atoms with Crippen LogP contribution in [0.2, 0.25) is 0 Å². The van der Waals surface area contributed by atoms with Crippen molar-refractivity contribution in [2.45, 2.75) is 0 Å². The van der Waals surface area contributed by atoms with Gasteiger partial charge in [-0.3, -0.25) is 10.0 Å². The van der Waals surface area contributed by atoms with Crippen LogP contribution >= 0.6 is 0 Å². The van der Waals surface area contributed by atoms with Crippen LogP contribution < -0.4 is 16.5 Å². The predicted molar refractivity (Wildman–Crippen MR) is 48.9 cm³/mol. The molecule has 0 atom stereocenters. The van der Waals surface area contributed by atoms with Crippen molar-refractivity contribution in [3.05, 3.63) is 29.8 Å². The Labute approximate surface area is 79.7 Å². The molecule has 0 heterocycles. The minimum absolute atomic E-state index is 0.221. The largest absolute Gasteiger partial charge is 0.351 e. The van der Waals surface area contributed by atoms with Gasteiger partial charge in [0, 0.05) is 11.3 Å². The number of urea groups is 1. The van der Waals surface area contributed by atoms with Crippen LogP contribution in [0.15, 0.2) is 24.3 Å². The van der Waals surface area contributed by atoms with Crippen molar-refractivity contribution in [1.82, 2.24) is 5.48 Å². The van der Waals surface area contributed by atoms with Gasteiger partial charge in [-0.15, -0.1) is 0 Å². The second kappa shape index (κ2) is 4.24. The first-order valence-corrected chi connectivity index (χ1v) is 3.74. The maximum absolute atomic E-state index is 10.9. The van der Waals surface area contributed by atoms with Gasteiger partial charge in [-0.1, -0.05) is 6.07 Å². The highest BCUT2D eigenvalue weighted by Crippen LogP contribution is 2.09. The van der Waals surface area contributed by atoms with Crippen LogP contribution in [0, 0.1) is 0 Å². The number of hydrogen-bond acceptors (Lipinski definition) is 3. The lowest BCUT2D eigenvalue weighted by atomic mass is 10.2. The molecule has 0 spiro atoms. The minimum Gasteiger partial charge on any atom is -0.351 e. The Hall–Kier alpha value is -2.08. The van der Waals surface area contributed by atoms with Gasteiger partial charge in [-0.2, -0.15) is 0 Å². The van der Waals surface area contributed by atoms with Crippen LogP contribution in [0.3, 0.4) is 0 Å². The highest BCUT2D eigenvalue weighted by molar-refractivity contribution is 5.95. The van der Waals surface area contributed by atoms with E-state index < -0.39 is 11.9 Å². The lowest BCUT2D eigenvalue weighted by Gasteiger charge is -2.03. The molecule has 0 unspecified atom stereocenters. The molecule has 0 saturated carbocycles. The van der Waals surface area contributed by atoms with Gasteiger partial charge in [-0.25, -0.2) is 10.3 Å². The maximum atomic E-state index is 10.9. The summed E-state index contributed by atoms with van der Waals surface area (Å²) < 4.78 is 0. The topological polar surface area (TPSA) is 104 Å². The fourth-order valence-corrected chi connectivity index (χ4v) is 0.945. The Morgan fingerprint density at radius 1 is 1.36 bits per heavy atom. The summed E-state index contributed by atoms with van der Waals surface area (Å²) in [7, 11) is 0. The van der Waals surface area contributed by atoms with Crippen LogP contribution in [-0.4, -0.2) is 17.1 Å². The van der Waals surface area contributed by atoms with Gasteiger partial charge in [0.15, 0.2) is 0 Å². The average molecular weight is 195 g/mol. The summed E-state index contributed by atoms with van der Waals surface area (Å²) in [5.41, 5.74) is 6.97. The Bertz CT molecular complexity index is 365. The summed E-state index contributed by atoms with van der Waals surface area (Å²) in [6.45, 7) is 0. The van der Waals surface area contributed by atoms with E-state index in [4.69, 9.17) is 10.9 Å². The molecule has 0 fully saturated rings. The summed E-state index contributed by atoms with van der Waals surface area (Å²) in [6, 6.07) is 5.27. The third-order valence-corrected chi connectivity index (χ3v) is 1.49. The Morgan fingerprint density at radius 3 is 2.64 bits per heavy atom. The number of nitrogens with two attached hydrogens (primary N) is 1. The van der Waals surface area contributed by atoms with Gasteiger partial charge in [0.05, 0.1) is 0 Å². The SMILES string of the molecule is NC(=O)Nc1cccc(C(=O)NO)c1. The summed E-state index contributed by atoms with van der Waals surface area (Å²) in [6.07, 6.45) is 0. The first kappa shape index (κ1) is 10.0. The standard InChI is InChI=1S/C8H9N3O3/c9-8(13)10-6-3-1-2-5(4-6)7(12)11-14/h1-4,14H,(H,11,12)(H3,9,10,13). The second-order valence-electron chi connectivity index (χ2n) is 2.51. The van der Waals surface area contributed by atoms with Crippen LogP contribution in [-0.2, 0) is 0 Å². The number of hydroxylamine groups is 1. The summed E-state index contributed by atoms with van der Waals surface area (Å²) in [4.78, 5) is 21.4. The van der Waals surface area contributed by atoms with E-state index in [1.807, 2.05) is 0 Å². The molecular formula is C8H9N3O3. The lowest BCUT2D eigenvalue weighted by Crippen LogP contribution is -2.21. The van der Waals surface area contributed by atoms with Crippen LogP contribution in [0.1, 0.15) is 10.4 Å². The number of carbonyl (C=O) groups excluding carboxylic acids is 2. The number of carbonyl (C=O) groups is 2. The Kier molecular flexibility index (Phi) is 3.03. The predicted octanol–water partition coefficient (Wildman–Crippen LogP) is 0.296. The molecule has 0 aliphatic heterocycles. The lowest BCUT2D eigenvalue weighted by molar-refractivity contribution is 0.0706. The zero-order valence-electron chi connectivity index (χ0n) is 7.15. The van der Waals surface area contributed by atoms with E-state index in [9.17, 15) is 9.59 Å². The molecule has 1 aromatic rings. The first-order chi connectivity index (χ1) is 6.63. The second-order valence-corrected chi connectivity index (χ2v) is 2.51. The smallest absolute Gasteiger partial charge is 0.316 e. The van der Waals surface area contributed by atoms with Crippen molar-refractivity contribution in [2.75, 3.05) is 5.32 Å². The van der Waals surface area contributed by atoms with Crippen molar-refractivity contribution in [3.63, 3.8) is 0 Å². The van der Waals surface area contributed by atoms with Gasteiger partial charge in [0.2, 0.25) is 0 Å². The summed E-state index contributed by atoms with van der Waals surface area (Å²) >= 11 is 0. The molecule has 6 heteroatoms. The van der Waals surface area contributed by atoms with Crippen molar-refractivity contribution in [3.8, 4) is 0 Å². The van der Waals surface area contributed by atoms with Gasteiger partial charge < -0.3 is 11.1 Å². The number of rotatable bonds is 2. The third-order valence-electron chi connectivity index (χ3n) is 1.49. The van der Waals surface area contributed by atoms with E-state index in [0.717, 1.165) is 0 Å². The minimum atomic E-state index is -0.716. The van der Waals surface area contributed by atoms with E-state index in [1.54, 1.807) is 12.1 Å². The van der Waals surface area contributed by atoms with Gasteiger partial charge in [-0.05, 0) is 18.2 Å². The quantitative estimate of drug-likeness (QED) is 0.402. The highest BCUT2D eigenvalue weighted by Gasteiger charge is 2.04. The number of anilines is 1. The summed E-state index contributed by atoms with van der Waals surface area (Å²) in [5.74, 6) is -0.655. The summed E-state index contributed by atoms with van der Waals surface area (Å²) in [5, 5.41) is 10.7. The van der Waals surface area contributed by atoms with Gasteiger partial charge in [0.25, 0.3) is 5.91 Å². The first-order valence-electron chi connectivity index (χ1n) is 3.74. The third kappa shape index (κ3) is 2.46. The monoisotopic (exact) mass is 195 g/mol. The number of amides is 3. The average Bonchev–Trinajstić information content (AvgIpc) is 2.16. The fourth-order valence-electron chi connectivity index (χ4n) is 0.945. The van der Waals surface area contributed by atoms with Crippen LogP contribution in [0.25, 0.3) is 0 Å². The Balaban J connectivity index is 2.89. The van der Waals surface area contributed by atoms with E-state index in [2.05, 4.69) is 5.32 Å². The van der Waals surface area contributed by atoms with Crippen molar-refractivity contribution in [1.29, 1.82) is 0 Å². The maximum Gasteiger partial charge on any atom is 0.316 e. The van der Waals surface area contributed by atoms with Crippen LogP contribution in [0.5, 0.6) is 0 Å². The number of hydrogen-bond donors (Lipinski definition) is 4. The molecule has 0 aromatic heterocycles. The van der Waals surface area contributed by atoms with Gasteiger partial charge in [0.1, 0.15) is 0 Å². The zero-order chi connectivity index (χ0) is 10.6. The van der Waals surface area contributed by atoms with Crippen molar-refractivity contribution < 1.29 is 14.8 Å². The molecule has 0 bridgehead atoms. The molecule has 6 nitrogen and oxygen atoms in total. The normalized spacial score (nSPS) is 9.21.